The van der Waals surface area contributed by atoms with Gasteiger partial charge < -0.3 is 9.84 Å². The van der Waals surface area contributed by atoms with Gasteiger partial charge in [-0.1, -0.05) is 27.2 Å². The first-order valence-electron chi connectivity index (χ1n) is 5.70. The molecular weight excluding hydrogens is 218 g/mol. The molecule has 0 atom stereocenters. The van der Waals surface area contributed by atoms with E-state index in [1.54, 1.807) is 0 Å². The van der Waals surface area contributed by atoms with Crippen LogP contribution in [0.3, 0.4) is 0 Å². The van der Waals surface area contributed by atoms with Crippen LogP contribution in [0.25, 0.3) is 0 Å². The van der Waals surface area contributed by atoms with E-state index in [0.29, 0.717) is 0 Å². The van der Waals surface area contributed by atoms with Crippen LogP contribution in [0.4, 0.5) is 0 Å². The molecule has 1 aromatic heterocycles. The first-order chi connectivity index (χ1) is 7.94. The zero-order valence-corrected chi connectivity index (χ0v) is 10.8. The molecule has 0 radical (unpaired) electrons. The van der Waals surface area contributed by atoms with Crippen molar-refractivity contribution in [1.29, 1.82) is 0 Å². The molecule has 17 heavy (non-hydrogen) atoms. The summed E-state index contributed by atoms with van der Waals surface area (Å²) in [4.78, 5) is 16.2. The Morgan fingerprint density at radius 1 is 1.53 bits per heavy atom. The van der Waals surface area contributed by atoms with Crippen molar-refractivity contribution in [3.05, 3.63) is 18.0 Å². The van der Waals surface area contributed by atoms with Crippen LogP contribution in [-0.4, -0.2) is 23.0 Å². The van der Waals surface area contributed by atoms with Crippen LogP contribution in [0.5, 0.6) is 11.5 Å². The lowest BCUT2D eigenvalue weighted by atomic mass is 9.82. The lowest BCUT2D eigenvalue weighted by molar-refractivity contribution is 0.0816. The van der Waals surface area contributed by atoms with E-state index in [2.05, 4.69) is 4.98 Å². The van der Waals surface area contributed by atoms with Gasteiger partial charge in [0, 0.05) is 17.7 Å². The fourth-order valence-electron chi connectivity index (χ4n) is 1.83. The first-order valence-corrected chi connectivity index (χ1v) is 5.70. The number of pyridine rings is 1. The minimum atomic E-state index is -0.522. The molecule has 1 heterocycles. The van der Waals surface area contributed by atoms with Gasteiger partial charge in [-0.3, -0.25) is 4.79 Å². The Bertz CT molecular complexity index is 413. The summed E-state index contributed by atoms with van der Waals surface area (Å²) in [6.45, 7) is 5.74. The summed E-state index contributed by atoms with van der Waals surface area (Å²) in [5.41, 5.74) is -0.436. The van der Waals surface area contributed by atoms with E-state index in [4.69, 9.17) is 4.74 Å². The van der Waals surface area contributed by atoms with E-state index >= 15 is 0 Å². The summed E-state index contributed by atoms with van der Waals surface area (Å²) in [6, 6.07) is 1.53. The highest BCUT2D eigenvalue weighted by Crippen LogP contribution is 2.34. The number of nitrogens with zero attached hydrogens (tertiary/aromatic N) is 1. The van der Waals surface area contributed by atoms with Crippen molar-refractivity contribution in [1.82, 2.24) is 4.98 Å². The lowest BCUT2D eigenvalue weighted by Crippen LogP contribution is -2.25. The number of aromatic hydroxyl groups is 1. The first kappa shape index (κ1) is 13.5. The Kier molecular flexibility index (Phi) is 4.10. The monoisotopic (exact) mass is 237 g/mol. The van der Waals surface area contributed by atoms with Crippen LogP contribution in [0.2, 0.25) is 0 Å². The Hall–Kier alpha value is -1.58. The summed E-state index contributed by atoms with van der Waals surface area (Å²) in [7, 11) is 1.44. The molecule has 0 fully saturated rings. The molecular formula is C13H19NO3. The van der Waals surface area contributed by atoms with Crippen LogP contribution in [0.15, 0.2) is 12.3 Å². The second-order valence-corrected chi connectivity index (χ2v) is 4.67. The van der Waals surface area contributed by atoms with Crippen molar-refractivity contribution in [2.24, 2.45) is 5.41 Å². The second kappa shape index (κ2) is 5.17. The fourth-order valence-corrected chi connectivity index (χ4v) is 1.83. The second-order valence-electron chi connectivity index (χ2n) is 4.67. The molecule has 4 nitrogen and oxygen atoms in total. The van der Waals surface area contributed by atoms with Gasteiger partial charge in [-0.25, -0.2) is 4.98 Å². The Labute approximate surface area is 102 Å². The highest BCUT2D eigenvalue weighted by molar-refractivity contribution is 6.01. The molecule has 0 spiro atoms. The molecule has 4 heteroatoms. The number of aromatic nitrogens is 1. The lowest BCUT2D eigenvalue weighted by Gasteiger charge is -2.22. The van der Waals surface area contributed by atoms with Gasteiger partial charge in [0.25, 0.3) is 0 Å². The molecule has 0 amide bonds. The van der Waals surface area contributed by atoms with E-state index in [1.165, 1.54) is 19.4 Å². The van der Waals surface area contributed by atoms with Gasteiger partial charge in [0.05, 0.1) is 7.11 Å². The number of Topliss-reactive ketones (excluding diaryl/α,β-unsaturated/α-hetero) is 1. The molecule has 0 saturated heterocycles. The van der Waals surface area contributed by atoms with Gasteiger partial charge in [-0.15, -0.1) is 0 Å². The van der Waals surface area contributed by atoms with Crippen LogP contribution in [-0.2, 0) is 0 Å². The van der Waals surface area contributed by atoms with Crippen molar-refractivity contribution < 1.29 is 14.6 Å². The average Bonchev–Trinajstić information content (AvgIpc) is 2.28. The predicted molar refractivity (Wildman–Crippen MR) is 65.5 cm³/mol. The van der Waals surface area contributed by atoms with Crippen molar-refractivity contribution in [2.75, 3.05) is 7.11 Å². The van der Waals surface area contributed by atoms with Gasteiger partial charge in [-0.05, 0) is 6.42 Å². The highest BCUT2D eigenvalue weighted by atomic mass is 16.5. The quantitative estimate of drug-likeness (QED) is 0.800. The molecule has 0 aliphatic carbocycles. The van der Waals surface area contributed by atoms with Crippen molar-refractivity contribution in [3.8, 4) is 11.5 Å². The van der Waals surface area contributed by atoms with E-state index in [9.17, 15) is 9.90 Å². The maximum Gasteiger partial charge on any atom is 0.190 e. The summed E-state index contributed by atoms with van der Waals surface area (Å²) >= 11 is 0. The summed E-state index contributed by atoms with van der Waals surface area (Å²) in [5, 5.41) is 9.88. The summed E-state index contributed by atoms with van der Waals surface area (Å²) < 4.78 is 4.97. The molecule has 1 rings (SSSR count). The van der Waals surface area contributed by atoms with Crippen LogP contribution >= 0.6 is 0 Å². The third-order valence-electron chi connectivity index (χ3n) is 2.81. The standard InChI is InChI=1S/C13H19NO3/c1-5-7-13(2,3)12(16)10-11(15)9(17-4)6-8-14-10/h6,8,15H,5,7H2,1-4H3. The Morgan fingerprint density at radius 2 is 2.18 bits per heavy atom. The molecule has 1 N–H and O–H groups in total. The molecule has 0 unspecified atom stereocenters. The highest BCUT2D eigenvalue weighted by Gasteiger charge is 2.31. The number of methoxy groups -OCH3 is 1. The fraction of sp³-hybridized carbons (Fsp3) is 0.538. The van der Waals surface area contributed by atoms with Gasteiger partial charge in [0.15, 0.2) is 23.0 Å². The summed E-state index contributed by atoms with van der Waals surface area (Å²) in [5.74, 6) is -0.0597. The minimum absolute atomic E-state index is 0.0859. The van der Waals surface area contributed by atoms with Crippen LogP contribution < -0.4 is 4.74 Å². The van der Waals surface area contributed by atoms with E-state index in [-0.39, 0.29) is 23.0 Å². The van der Waals surface area contributed by atoms with Crippen LogP contribution in [0, 0.1) is 5.41 Å². The third-order valence-corrected chi connectivity index (χ3v) is 2.81. The van der Waals surface area contributed by atoms with Crippen molar-refractivity contribution >= 4 is 5.78 Å². The number of ketones is 1. The van der Waals surface area contributed by atoms with Gasteiger partial charge in [0.1, 0.15) is 0 Å². The number of rotatable bonds is 5. The topological polar surface area (TPSA) is 59.4 Å². The SMILES string of the molecule is CCCC(C)(C)C(=O)c1nccc(OC)c1O. The smallest absolute Gasteiger partial charge is 0.190 e. The normalized spacial score (nSPS) is 11.3. The molecule has 1 aromatic rings. The number of carbonyl (C=O) groups excluding carboxylic acids is 1. The number of hydrogen-bond donors (Lipinski definition) is 1. The van der Waals surface area contributed by atoms with Gasteiger partial charge >= 0.3 is 0 Å². The Balaban J connectivity index is 3.13. The molecule has 0 aromatic carbocycles. The number of hydrogen-bond acceptors (Lipinski definition) is 4. The molecule has 0 saturated carbocycles. The van der Waals surface area contributed by atoms with E-state index in [1.807, 2.05) is 20.8 Å². The molecule has 94 valence electrons. The number of carbonyl (C=O) groups is 1. The van der Waals surface area contributed by atoms with Crippen molar-refractivity contribution in [2.45, 2.75) is 33.6 Å². The largest absolute Gasteiger partial charge is 0.503 e. The van der Waals surface area contributed by atoms with E-state index < -0.39 is 5.41 Å². The molecule has 0 aliphatic rings. The summed E-state index contributed by atoms with van der Waals surface area (Å²) in [6.07, 6.45) is 3.13. The third kappa shape index (κ3) is 2.75. The Morgan fingerprint density at radius 3 is 2.71 bits per heavy atom. The zero-order chi connectivity index (χ0) is 13.1. The molecule has 0 aliphatic heterocycles. The number of ether oxygens (including phenoxy) is 1. The average molecular weight is 237 g/mol. The minimum Gasteiger partial charge on any atom is -0.503 e. The zero-order valence-electron chi connectivity index (χ0n) is 10.8. The van der Waals surface area contributed by atoms with Crippen LogP contribution in [0.1, 0.15) is 44.1 Å². The van der Waals surface area contributed by atoms with Gasteiger partial charge in [-0.2, -0.15) is 0 Å². The maximum absolute atomic E-state index is 12.3. The van der Waals surface area contributed by atoms with Gasteiger partial charge in [0.2, 0.25) is 0 Å². The maximum atomic E-state index is 12.3. The molecule has 0 bridgehead atoms. The van der Waals surface area contributed by atoms with Crippen molar-refractivity contribution in [3.63, 3.8) is 0 Å². The predicted octanol–water partition coefficient (Wildman–Crippen LogP) is 2.80. The van der Waals surface area contributed by atoms with E-state index in [0.717, 1.165) is 12.8 Å².